The standard InChI is InChI=1S/C67H71N/c1-63(2,3)52-29-25-44(26-30-52)45-27-31-56(32-28-45)68(58-33-34-60-59-23-15-16-24-61(59)67(13,14)62(60)43-58)57-22-18-21-48(41-57)46-19-17-20-47(35-46)49-36-50(38-53(37-49)64(4,5)6)51-39-54(65(7,8)9)42-55(40-51)66(10,11)12/h15-43H,1-14H3. The SMILES string of the molecule is CC(C)(C)c1ccc(-c2ccc(N(c3cccc(-c4cccc(-c5cc(-c6cc(C(C)(C)C)cc(C(C)(C)C)c6)cc(C(C)(C)C)c5)c4)c3)c3ccc4c(c3)C(C)(C)c3ccccc3-4)cc2)cc1. The molecule has 0 bridgehead atoms. The molecule has 0 N–H and O–H groups in total. The van der Waals surface area contributed by atoms with E-state index in [1.807, 2.05) is 0 Å². The lowest BCUT2D eigenvalue weighted by Crippen LogP contribution is -2.16. The number of nitrogens with zero attached hydrogens (tertiary/aromatic N) is 1. The molecule has 8 aromatic rings. The molecular formula is C67H71N. The van der Waals surface area contributed by atoms with Crippen LogP contribution in [0, 0.1) is 0 Å². The summed E-state index contributed by atoms with van der Waals surface area (Å²) in [4.78, 5) is 2.44. The lowest BCUT2D eigenvalue weighted by molar-refractivity contribution is 0.569. The second-order valence-electron chi connectivity index (χ2n) is 24.1. The van der Waals surface area contributed by atoms with E-state index in [0.29, 0.717) is 0 Å². The highest BCUT2D eigenvalue weighted by Gasteiger charge is 2.36. The number of anilines is 3. The third-order valence-electron chi connectivity index (χ3n) is 14.5. The van der Waals surface area contributed by atoms with E-state index in [1.165, 1.54) is 89.0 Å². The summed E-state index contributed by atoms with van der Waals surface area (Å²) in [6.07, 6.45) is 0. The molecule has 1 nitrogen and oxygen atoms in total. The monoisotopic (exact) mass is 890 g/mol. The Morgan fingerprint density at radius 1 is 0.279 bits per heavy atom. The zero-order valence-electron chi connectivity index (χ0n) is 43.2. The average molecular weight is 890 g/mol. The molecule has 1 aliphatic carbocycles. The summed E-state index contributed by atoms with van der Waals surface area (Å²) in [6, 6.07) is 67.0. The van der Waals surface area contributed by atoms with Crippen molar-refractivity contribution >= 4 is 17.1 Å². The van der Waals surface area contributed by atoms with Crippen LogP contribution in [0.5, 0.6) is 0 Å². The Hall–Kier alpha value is -6.44. The van der Waals surface area contributed by atoms with Crippen molar-refractivity contribution in [3.8, 4) is 55.6 Å². The Kier molecular flexibility index (Phi) is 11.6. The van der Waals surface area contributed by atoms with Crippen molar-refractivity contribution in [3.63, 3.8) is 0 Å². The Balaban J connectivity index is 1.14. The number of hydrogen-bond acceptors (Lipinski definition) is 1. The van der Waals surface area contributed by atoms with Gasteiger partial charge in [-0.15, -0.1) is 0 Å². The van der Waals surface area contributed by atoms with E-state index < -0.39 is 0 Å². The van der Waals surface area contributed by atoms with Crippen LogP contribution in [0.25, 0.3) is 55.6 Å². The van der Waals surface area contributed by atoms with Crippen LogP contribution >= 0.6 is 0 Å². The second-order valence-corrected chi connectivity index (χ2v) is 24.1. The normalized spacial score (nSPS) is 13.6. The van der Waals surface area contributed by atoms with Crippen LogP contribution in [-0.2, 0) is 27.1 Å². The molecule has 0 atom stereocenters. The fourth-order valence-electron chi connectivity index (χ4n) is 10.0. The van der Waals surface area contributed by atoms with Crippen LogP contribution in [0.3, 0.4) is 0 Å². The molecule has 0 unspecified atom stereocenters. The van der Waals surface area contributed by atoms with Gasteiger partial charge in [0.05, 0.1) is 0 Å². The predicted molar refractivity (Wildman–Crippen MR) is 295 cm³/mol. The molecule has 344 valence electrons. The second kappa shape index (κ2) is 17.0. The van der Waals surface area contributed by atoms with Crippen molar-refractivity contribution in [1.82, 2.24) is 0 Å². The van der Waals surface area contributed by atoms with Crippen molar-refractivity contribution in [2.75, 3.05) is 4.90 Å². The summed E-state index contributed by atoms with van der Waals surface area (Å²) in [6.45, 7) is 32.5. The molecule has 0 radical (unpaired) electrons. The first-order valence-electron chi connectivity index (χ1n) is 24.7. The summed E-state index contributed by atoms with van der Waals surface area (Å²) < 4.78 is 0. The molecule has 1 heteroatoms. The molecule has 0 amide bonds. The number of fused-ring (bicyclic) bond motifs is 3. The minimum absolute atomic E-state index is 0.0285. The average Bonchev–Trinajstić information content (AvgIpc) is 3.53. The van der Waals surface area contributed by atoms with Gasteiger partial charge in [0.2, 0.25) is 0 Å². The topological polar surface area (TPSA) is 3.24 Å². The molecule has 0 heterocycles. The lowest BCUT2D eigenvalue weighted by atomic mass is 9.78. The summed E-state index contributed by atoms with van der Waals surface area (Å²) >= 11 is 0. The molecule has 0 fully saturated rings. The Morgan fingerprint density at radius 2 is 0.691 bits per heavy atom. The third kappa shape index (κ3) is 9.13. The van der Waals surface area contributed by atoms with Gasteiger partial charge in [-0.25, -0.2) is 0 Å². The van der Waals surface area contributed by atoms with Gasteiger partial charge in [-0.1, -0.05) is 224 Å². The Bertz CT molecular complexity index is 3110. The van der Waals surface area contributed by atoms with E-state index in [-0.39, 0.29) is 27.1 Å². The van der Waals surface area contributed by atoms with Crippen molar-refractivity contribution in [2.45, 2.75) is 124 Å². The molecule has 68 heavy (non-hydrogen) atoms. The fourth-order valence-corrected chi connectivity index (χ4v) is 10.0. The highest BCUT2D eigenvalue weighted by atomic mass is 15.1. The van der Waals surface area contributed by atoms with E-state index >= 15 is 0 Å². The van der Waals surface area contributed by atoms with Crippen molar-refractivity contribution < 1.29 is 0 Å². The zero-order valence-corrected chi connectivity index (χ0v) is 43.2. The highest BCUT2D eigenvalue weighted by Crippen LogP contribution is 2.51. The molecule has 1 aliphatic rings. The van der Waals surface area contributed by atoms with Gasteiger partial charge < -0.3 is 4.90 Å². The van der Waals surface area contributed by atoms with Gasteiger partial charge in [-0.2, -0.15) is 0 Å². The molecule has 0 saturated heterocycles. The Labute approximate surface area is 409 Å². The summed E-state index contributed by atoms with van der Waals surface area (Å²) in [5.41, 5.74) is 24.0. The van der Waals surface area contributed by atoms with Crippen LogP contribution < -0.4 is 4.90 Å². The maximum atomic E-state index is 2.44. The number of rotatable bonds is 7. The summed E-state index contributed by atoms with van der Waals surface area (Å²) in [7, 11) is 0. The number of hydrogen-bond donors (Lipinski definition) is 0. The minimum atomic E-state index is -0.118. The van der Waals surface area contributed by atoms with E-state index in [2.05, 4.69) is 278 Å². The maximum absolute atomic E-state index is 2.44. The van der Waals surface area contributed by atoms with Crippen LogP contribution in [0.15, 0.2) is 176 Å². The minimum Gasteiger partial charge on any atom is -0.310 e. The van der Waals surface area contributed by atoms with Gasteiger partial charge in [0.1, 0.15) is 0 Å². The van der Waals surface area contributed by atoms with Gasteiger partial charge in [-0.05, 0) is 159 Å². The molecule has 0 spiro atoms. The van der Waals surface area contributed by atoms with Crippen LogP contribution in [0.4, 0.5) is 17.1 Å². The van der Waals surface area contributed by atoms with Gasteiger partial charge in [-0.3, -0.25) is 0 Å². The molecule has 0 aliphatic heterocycles. The van der Waals surface area contributed by atoms with Gasteiger partial charge in [0.25, 0.3) is 0 Å². The quantitative estimate of drug-likeness (QED) is 0.154. The maximum Gasteiger partial charge on any atom is 0.0467 e. The molecule has 9 rings (SSSR count). The first-order chi connectivity index (χ1) is 31.9. The summed E-state index contributed by atoms with van der Waals surface area (Å²) in [5.74, 6) is 0. The van der Waals surface area contributed by atoms with Crippen LogP contribution in [0.1, 0.15) is 130 Å². The predicted octanol–water partition coefficient (Wildman–Crippen LogP) is 19.3. The van der Waals surface area contributed by atoms with Gasteiger partial charge in [0, 0.05) is 22.5 Å². The first kappa shape index (κ1) is 46.7. The third-order valence-corrected chi connectivity index (χ3v) is 14.5. The molecular weight excluding hydrogens is 819 g/mol. The fraction of sp³-hybridized carbons (Fsp3) is 0.284. The Morgan fingerprint density at radius 3 is 1.26 bits per heavy atom. The number of benzene rings is 8. The van der Waals surface area contributed by atoms with E-state index in [9.17, 15) is 0 Å². The van der Waals surface area contributed by atoms with Crippen LogP contribution in [-0.4, -0.2) is 0 Å². The molecule has 0 saturated carbocycles. The summed E-state index contributed by atoms with van der Waals surface area (Å²) in [5, 5.41) is 0. The first-order valence-corrected chi connectivity index (χ1v) is 24.7. The largest absolute Gasteiger partial charge is 0.310 e. The van der Waals surface area contributed by atoms with E-state index in [1.54, 1.807) is 0 Å². The zero-order chi connectivity index (χ0) is 48.6. The van der Waals surface area contributed by atoms with Crippen molar-refractivity contribution in [3.05, 3.63) is 209 Å². The van der Waals surface area contributed by atoms with E-state index in [0.717, 1.165) is 17.1 Å². The van der Waals surface area contributed by atoms with Crippen LogP contribution in [0.2, 0.25) is 0 Å². The van der Waals surface area contributed by atoms with Gasteiger partial charge >= 0.3 is 0 Å². The molecule has 0 aromatic heterocycles. The molecule has 8 aromatic carbocycles. The smallest absolute Gasteiger partial charge is 0.0467 e. The highest BCUT2D eigenvalue weighted by molar-refractivity contribution is 5.87. The lowest BCUT2D eigenvalue weighted by Gasteiger charge is -2.28. The van der Waals surface area contributed by atoms with Crippen molar-refractivity contribution in [1.29, 1.82) is 0 Å². The van der Waals surface area contributed by atoms with Crippen molar-refractivity contribution in [2.24, 2.45) is 0 Å². The van der Waals surface area contributed by atoms with Gasteiger partial charge in [0.15, 0.2) is 0 Å². The van der Waals surface area contributed by atoms with E-state index in [4.69, 9.17) is 0 Å².